The zero-order valence-electron chi connectivity index (χ0n) is 21.6. The number of aliphatic carboxylic acids is 2. The van der Waals surface area contributed by atoms with Gasteiger partial charge in [-0.25, -0.2) is 14.6 Å². The van der Waals surface area contributed by atoms with Gasteiger partial charge >= 0.3 is 11.9 Å². The van der Waals surface area contributed by atoms with Crippen LogP contribution >= 0.6 is 0 Å². The number of carbonyl (C=O) groups excluding carboxylic acids is 1. The van der Waals surface area contributed by atoms with E-state index >= 15 is 0 Å². The van der Waals surface area contributed by atoms with Gasteiger partial charge in [-0.15, -0.1) is 0 Å². The number of rotatable bonds is 9. The first kappa shape index (κ1) is 26.9. The maximum absolute atomic E-state index is 13.7. The van der Waals surface area contributed by atoms with E-state index in [1.54, 1.807) is 30.7 Å². The summed E-state index contributed by atoms with van der Waals surface area (Å²) < 4.78 is 5.19. The maximum atomic E-state index is 13.7. The third-order valence-electron chi connectivity index (χ3n) is 7.40. The average molecular weight is 544 g/mol. The third-order valence-corrected chi connectivity index (χ3v) is 7.40. The van der Waals surface area contributed by atoms with E-state index in [4.69, 9.17) is 14.5 Å². The van der Waals surface area contributed by atoms with Crippen molar-refractivity contribution in [2.24, 2.45) is 15.9 Å². The van der Waals surface area contributed by atoms with Gasteiger partial charge in [-0.05, 0) is 66.3 Å². The van der Waals surface area contributed by atoms with Crippen LogP contribution in [0.25, 0.3) is 6.08 Å². The number of carboxylic acids is 2. The number of carboxylic acid groups (broad SMARTS) is 2. The Balaban J connectivity index is 1.43. The van der Waals surface area contributed by atoms with Crippen molar-refractivity contribution in [1.29, 1.82) is 0 Å². The highest BCUT2D eigenvalue weighted by Crippen LogP contribution is 2.38. The molecule has 5 rings (SSSR count). The topological polar surface area (TPSA) is 162 Å². The van der Waals surface area contributed by atoms with Crippen LogP contribution in [0.2, 0.25) is 0 Å². The van der Waals surface area contributed by atoms with E-state index in [1.807, 2.05) is 0 Å². The predicted octanol–water partition coefficient (Wildman–Crippen LogP) is 3.91. The Hall–Kier alpha value is -4.73. The van der Waals surface area contributed by atoms with Crippen molar-refractivity contribution in [2.75, 3.05) is 0 Å². The number of aromatic hydroxyl groups is 1. The standard InChI is InChI=1S/C30H29N3O7/c34-24-10-6-17(14-19(24)7-11-25(35)36)15-23(30(38)39)32-29(37)21-8-9-22-27(26(21)18-4-2-1-3-5-18)33-28(31-22)20-12-13-40-16-20/h6-14,16,18,23,27,34H,1-5,15H2,(H,32,37)(H,35,36)(H,38,39)/b11-7+/t23-,27+/m0/s1. The summed E-state index contributed by atoms with van der Waals surface area (Å²) >= 11 is 0. The number of aliphatic imine (C=N–C) groups is 2. The number of phenols is 1. The highest BCUT2D eigenvalue weighted by Gasteiger charge is 2.37. The molecule has 1 amide bonds. The molecule has 0 radical (unpaired) electrons. The summed E-state index contributed by atoms with van der Waals surface area (Å²) in [6.45, 7) is 0. The molecule has 0 saturated heterocycles. The van der Waals surface area contributed by atoms with E-state index in [1.165, 1.54) is 24.3 Å². The Morgan fingerprint density at radius 2 is 1.90 bits per heavy atom. The molecule has 0 bridgehead atoms. The minimum absolute atomic E-state index is 0.0655. The zero-order valence-corrected chi connectivity index (χ0v) is 21.6. The number of amidine groups is 1. The van der Waals surface area contributed by atoms with Gasteiger partial charge in [-0.2, -0.15) is 0 Å². The lowest BCUT2D eigenvalue weighted by Gasteiger charge is -2.31. The van der Waals surface area contributed by atoms with Crippen LogP contribution in [0.15, 0.2) is 80.6 Å². The second-order valence-electron chi connectivity index (χ2n) is 10.1. The van der Waals surface area contributed by atoms with Gasteiger partial charge in [0.1, 0.15) is 24.1 Å². The molecule has 1 saturated carbocycles. The molecule has 3 aliphatic rings. The molecule has 2 aromatic rings. The van der Waals surface area contributed by atoms with Gasteiger partial charge in [-0.1, -0.05) is 25.3 Å². The molecule has 1 aromatic heterocycles. The molecule has 10 heteroatoms. The van der Waals surface area contributed by atoms with Crippen molar-refractivity contribution in [1.82, 2.24) is 5.32 Å². The summed E-state index contributed by atoms with van der Waals surface area (Å²) in [5.74, 6) is -2.37. The highest BCUT2D eigenvalue weighted by atomic mass is 16.4. The zero-order chi connectivity index (χ0) is 28.2. The molecule has 4 N–H and O–H groups in total. The molecular formula is C30H29N3O7. The Morgan fingerprint density at radius 1 is 1.10 bits per heavy atom. The molecule has 2 aliphatic carbocycles. The SMILES string of the molecule is O=C(O)/C=C/c1cc(C[C@H](NC(=O)C2=C(C3CCCCC3)[C@@H]3N=C(c4ccoc4)N=C3C=C2)C(=O)O)ccc1O. The normalized spacial score (nSPS) is 19.8. The maximum Gasteiger partial charge on any atom is 0.328 e. The lowest BCUT2D eigenvalue weighted by atomic mass is 9.76. The number of phenolic OH excluding ortho intramolecular Hbond substituents is 1. The van der Waals surface area contributed by atoms with Gasteiger partial charge in [0.05, 0.1) is 17.5 Å². The fourth-order valence-corrected chi connectivity index (χ4v) is 5.46. The average Bonchev–Trinajstić information content (AvgIpc) is 3.63. The van der Waals surface area contributed by atoms with Crippen LogP contribution in [0.1, 0.15) is 48.8 Å². The molecule has 1 aromatic carbocycles. The van der Waals surface area contributed by atoms with Gasteiger partial charge in [0, 0.05) is 23.6 Å². The Kier molecular flexibility index (Phi) is 7.77. The molecular weight excluding hydrogens is 514 g/mol. The van der Waals surface area contributed by atoms with E-state index in [0.717, 1.165) is 55.0 Å². The van der Waals surface area contributed by atoms with Crippen molar-refractivity contribution in [3.63, 3.8) is 0 Å². The van der Waals surface area contributed by atoms with Crippen LogP contribution in [0.5, 0.6) is 5.75 Å². The molecule has 0 spiro atoms. The largest absolute Gasteiger partial charge is 0.507 e. The number of nitrogens with zero attached hydrogens (tertiary/aromatic N) is 2. The molecule has 2 heterocycles. The minimum atomic E-state index is -1.26. The third kappa shape index (κ3) is 5.80. The van der Waals surface area contributed by atoms with Crippen LogP contribution in [0.4, 0.5) is 0 Å². The summed E-state index contributed by atoms with van der Waals surface area (Å²) in [7, 11) is 0. The fraction of sp³-hybridized carbons (Fsp3) is 0.300. The smallest absolute Gasteiger partial charge is 0.328 e. The van der Waals surface area contributed by atoms with Crippen molar-refractivity contribution >= 4 is 35.5 Å². The highest BCUT2D eigenvalue weighted by molar-refractivity contribution is 6.20. The van der Waals surface area contributed by atoms with E-state index in [0.29, 0.717) is 17.0 Å². The number of furan rings is 1. The van der Waals surface area contributed by atoms with E-state index < -0.39 is 29.9 Å². The molecule has 1 fully saturated rings. The van der Waals surface area contributed by atoms with E-state index in [2.05, 4.69) is 10.3 Å². The fourth-order valence-electron chi connectivity index (χ4n) is 5.46. The van der Waals surface area contributed by atoms with Crippen LogP contribution in [-0.4, -0.2) is 56.8 Å². The lowest BCUT2D eigenvalue weighted by molar-refractivity contribution is -0.141. The van der Waals surface area contributed by atoms with Crippen LogP contribution < -0.4 is 5.32 Å². The van der Waals surface area contributed by atoms with Crippen molar-refractivity contribution in [3.05, 3.63) is 82.9 Å². The summed E-state index contributed by atoms with van der Waals surface area (Å²) in [4.78, 5) is 46.2. The van der Waals surface area contributed by atoms with E-state index in [-0.39, 0.29) is 23.7 Å². The van der Waals surface area contributed by atoms with Gasteiger partial charge in [0.15, 0.2) is 5.84 Å². The minimum Gasteiger partial charge on any atom is -0.507 e. The number of hydrogen-bond acceptors (Lipinski definition) is 7. The first-order chi connectivity index (χ1) is 19.3. The van der Waals surface area contributed by atoms with Crippen molar-refractivity contribution in [3.8, 4) is 5.75 Å². The number of benzene rings is 1. The van der Waals surface area contributed by atoms with E-state index in [9.17, 15) is 24.6 Å². The number of fused-ring (bicyclic) bond motifs is 1. The molecule has 1 aliphatic heterocycles. The van der Waals surface area contributed by atoms with Gasteiger partial charge in [0.25, 0.3) is 5.91 Å². The Bertz CT molecular complexity index is 1470. The number of amides is 1. The number of nitrogens with one attached hydrogen (secondary N) is 1. The molecule has 40 heavy (non-hydrogen) atoms. The molecule has 2 atom stereocenters. The Labute approximate surface area is 230 Å². The summed E-state index contributed by atoms with van der Waals surface area (Å²) in [6, 6.07) is 4.51. The monoisotopic (exact) mass is 543 g/mol. The first-order valence-electron chi connectivity index (χ1n) is 13.2. The van der Waals surface area contributed by atoms with Gasteiger partial charge in [0.2, 0.25) is 0 Å². The first-order valence-corrected chi connectivity index (χ1v) is 13.2. The quantitative estimate of drug-likeness (QED) is 0.349. The summed E-state index contributed by atoms with van der Waals surface area (Å²) in [5.41, 5.74) is 3.51. The van der Waals surface area contributed by atoms with Crippen LogP contribution in [0.3, 0.4) is 0 Å². The number of hydrogen-bond donors (Lipinski definition) is 4. The Morgan fingerprint density at radius 3 is 2.60 bits per heavy atom. The predicted molar refractivity (Wildman–Crippen MR) is 147 cm³/mol. The molecule has 0 unspecified atom stereocenters. The van der Waals surface area contributed by atoms with Gasteiger partial charge in [-0.3, -0.25) is 9.79 Å². The number of carbonyl (C=O) groups is 3. The second-order valence-corrected chi connectivity index (χ2v) is 10.1. The molecule has 206 valence electrons. The lowest BCUT2D eigenvalue weighted by Crippen LogP contribution is -2.44. The second kappa shape index (κ2) is 11.6. The van der Waals surface area contributed by atoms with Crippen LogP contribution in [-0.2, 0) is 20.8 Å². The van der Waals surface area contributed by atoms with Crippen LogP contribution in [0, 0.1) is 5.92 Å². The van der Waals surface area contributed by atoms with Crippen molar-refractivity contribution in [2.45, 2.75) is 50.6 Å². The van der Waals surface area contributed by atoms with Gasteiger partial charge < -0.3 is 25.1 Å². The molecule has 10 nitrogen and oxygen atoms in total. The summed E-state index contributed by atoms with van der Waals surface area (Å²) in [5, 5.41) is 31.6. The van der Waals surface area contributed by atoms with Crippen molar-refractivity contribution < 1.29 is 34.1 Å². The summed E-state index contributed by atoms with van der Waals surface area (Å²) in [6.07, 6.45) is 13.7.